The van der Waals surface area contributed by atoms with Gasteiger partial charge in [-0.3, -0.25) is 9.38 Å². The molecule has 1 N–H and O–H groups in total. The first-order valence-electron chi connectivity index (χ1n) is 5.89. The number of nitrogens with one attached hydrogen (secondary N) is 1. The van der Waals surface area contributed by atoms with Crippen molar-refractivity contribution < 1.29 is 0 Å². The number of hydrogen-bond donors (Lipinski definition) is 1. The Morgan fingerprint density at radius 3 is 2.89 bits per heavy atom. The van der Waals surface area contributed by atoms with Crippen LogP contribution in [0.2, 0.25) is 0 Å². The van der Waals surface area contributed by atoms with Gasteiger partial charge in [0.25, 0.3) is 0 Å². The summed E-state index contributed by atoms with van der Waals surface area (Å²) < 4.78 is 1.76. The molecule has 3 heterocycles. The molecular weight excluding hydrogens is 238 g/mol. The van der Waals surface area contributed by atoms with Crippen molar-refractivity contribution in [3.63, 3.8) is 0 Å². The quantitative estimate of drug-likeness (QED) is 0.772. The molecule has 0 aliphatic rings. The van der Waals surface area contributed by atoms with Gasteiger partial charge in [0.1, 0.15) is 11.7 Å². The van der Waals surface area contributed by atoms with Gasteiger partial charge in [-0.2, -0.15) is 5.26 Å². The molecule has 0 spiro atoms. The summed E-state index contributed by atoms with van der Waals surface area (Å²) in [6, 6.07) is 13.5. The Labute approximate surface area is 110 Å². The zero-order valence-electron chi connectivity index (χ0n) is 10.1. The minimum atomic E-state index is 0.506. The fourth-order valence-electron chi connectivity index (χ4n) is 1.90. The van der Waals surface area contributed by atoms with E-state index in [1.807, 2.05) is 42.6 Å². The predicted molar refractivity (Wildman–Crippen MR) is 71.5 cm³/mol. The lowest BCUT2D eigenvalue weighted by molar-refractivity contribution is 1.03. The van der Waals surface area contributed by atoms with E-state index in [4.69, 9.17) is 0 Å². The summed E-state index contributed by atoms with van der Waals surface area (Å²) in [7, 11) is 0. The fourth-order valence-corrected chi connectivity index (χ4v) is 1.90. The maximum atomic E-state index is 9.24. The molecule has 0 amide bonds. The van der Waals surface area contributed by atoms with Crippen molar-refractivity contribution in [2.24, 2.45) is 0 Å². The lowest BCUT2D eigenvalue weighted by atomic mass is 10.3. The summed E-state index contributed by atoms with van der Waals surface area (Å²) in [5, 5.41) is 12.4. The van der Waals surface area contributed by atoms with E-state index in [2.05, 4.69) is 21.4 Å². The second-order valence-corrected chi connectivity index (χ2v) is 4.02. The molecule has 0 aliphatic carbocycles. The van der Waals surface area contributed by atoms with Crippen molar-refractivity contribution in [3.05, 3.63) is 60.2 Å². The highest BCUT2D eigenvalue weighted by atomic mass is 15.1. The second-order valence-electron chi connectivity index (χ2n) is 4.02. The average molecular weight is 249 g/mol. The highest BCUT2D eigenvalue weighted by Gasteiger charge is 2.10. The Hall–Kier alpha value is -2.87. The molecule has 3 aromatic rings. The van der Waals surface area contributed by atoms with Crippen LogP contribution in [0.3, 0.4) is 0 Å². The normalized spacial score (nSPS) is 10.3. The summed E-state index contributed by atoms with van der Waals surface area (Å²) in [5.41, 5.74) is 2.16. The highest BCUT2D eigenvalue weighted by Crippen LogP contribution is 2.16. The third kappa shape index (κ3) is 2.11. The van der Waals surface area contributed by atoms with Crippen molar-refractivity contribution in [1.82, 2.24) is 14.4 Å². The predicted octanol–water partition coefficient (Wildman–Crippen LogP) is 2.21. The Bertz CT molecular complexity index is 739. The summed E-state index contributed by atoms with van der Waals surface area (Å²) in [4.78, 5) is 8.62. The number of rotatable bonds is 3. The number of imidazole rings is 1. The van der Waals surface area contributed by atoms with E-state index in [0.717, 1.165) is 11.3 Å². The number of nitrogens with zero attached hydrogens (tertiary/aromatic N) is 4. The Morgan fingerprint density at radius 1 is 1.21 bits per heavy atom. The van der Waals surface area contributed by atoms with Gasteiger partial charge in [-0.05, 0) is 24.3 Å². The Morgan fingerprint density at radius 2 is 2.11 bits per heavy atom. The van der Waals surface area contributed by atoms with Gasteiger partial charge in [0.2, 0.25) is 0 Å². The van der Waals surface area contributed by atoms with Gasteiger partial charge < -0.3 is 5.32 Å². The Balaban J connectivity index is 1.91. The molecule has 0 fully saturated rings. The number of hydrogen-bond acceptors (Lipinski definition) is 4. The fraction of sp³-hybridized carbons (Fsp3) is 0.0714. The number of fused-ring (bicyclic) bond motifs is 1. The first kappa shape index (κ1) is 11.2. The van der Waals surface area contributed by atoms with Crippen LogP contribution in [0.15, 0.2) is 48.8 Å². The average Bonchev–Trinajstić information content (AvgIpc) is 2.83. The summed E-state index contributed by atoms with van der Waals surface area (Å²) in [6.07, 6.45) is 3.57. The van der Waals surface area contributed by atoms with Gasteiger partial charge >= 0.3 is 0 Å². The number of anilines is 1. The van der Waals surface area contributed by atoms with Gasteiger partial charge in [-0.25, -0.2) is 4.98 Å². The van der Waals surface area contributed by atoms with Crippen LogP contribution in [0.25, 0.3) is 5.65 Å². The zero-order valence-corrected chi connectivity index (χ0v) is 10.1. The summed E-state index contributed by atoms with van der Waals surface area (Å²) in [6.45, 7) is 0.541. The van der Waals surface area contributed by atoms with Crippen LogP contribution in [0.4, 0.5) is 5.82 Å². The van der Waals surface area contributed by atoms with Crippen LogP contribution < -0.4 is 5.32 Å². The minimum absolute atomic E-state index is 0.506. The van der Waals surface area contributed by atoms with Gasteiger partial charge in [0, 0.05) is 12.4 Å². The summed E-state index contributed by atoms with van der Waals surface area (Å²) in [5.74, 6) is 0.583. The van der Waals surface area contributed by atoms with Crippen LogP contribution in [0, 0.1) is 11.3 Å². The van der Waals surface area contributed by atoms with Crippen molar-refractivity contribution in [3.8, 4) is 6.07 Å². The molecule has 5 nitrogen and oxygen atoms in total. The molecule has 92 valence electrons. The molecule has 5 heteroatoms. The lowest BCUT2D eigenvalue weighted by Gasteiger charge is -2.02. The molecule has 3 aromatic heterocycles. The molecule has 0 aliphatic heterocycles. The van der Waals surface area contributed by atoms with Gasteiger partial charge in [0.15, 0.2) is 11.5 Å². The van der Waals surface area contributed by atoms with E-state index < -0.39 is 0 Å². The second kappa shape index (κ2) is 4.78. The molecule has 0 aromatic carbocycles. The monoisotopic (exact) mass is 249 g/mol. The maximum absolute atomic E-state index is 9.24. The van der Waals surface area contributed by atoms with Crippen LogP contribution >= 0.6 is 0 Å². The van der Waals surface area contributed by atoms with E-state index in [-0.39, 0.29) is 0 Å². The molecule has 3 rings (SSSR count). The molecule has 0 bridgehead atoms. The van der Waals surface area contributed by atoms with E-state index in [9.17, 15) is 5.26 Å². The number of nitriles is 1. The van der Waals surface area contributed by atoms with Crippen LogP contribution in [0.5, 0.6) is 0 Å². The van der Waals surface area contributed by atoms with Gasteiger partial charge in [0.05, 0.1) is 12.2 Å². The minimum Gasteiger partial charge on any atom is -0.362 e. The van der Waals surface area contributed by atoms with Gasteiger partial charge in [-0.1, -0.05) is 12.1 Å². The number of pyridine rings is 2. The topological polar surface area (TPSA) is 66.0 Å². The molecule has 0 saturated carbocycles. The van der Waals surface area contributed by atoms with Crippen molar-refractivity contribution in [1.29, 1.82) is 5.26 Å². The molecule has 0 saturated heterocycles. The van der Waals surface area contributed by atoms with Crippen molar-refractivity contribution in [2.75, 3.05) is 5.32 Å². The van der Waals surface area contributed by atoms with E-state index in [1.54, 1.807) is 10.6 Å². The van der Waals surface area contributed by atoms with E-state index in [1.165, 1.54) is 0 Å². The zero-order chi connectivity index (χ0) is 13.1. The van der Waals surface area contributed by atoms with Crippen LogP contribution in [-0.4, -0.2) is 14.4 Å². The molecular formula is C14H11N5. The first-order chi connectivity index (χ1) is 9.38. The van der Waals surface area contributed by atoms with Crippen molar-refractivity contribution >= 4 is 11.5 Å². The lowest BCUT2D eigenvalue weighted by Crippen LogP contribution is -2.03. The number of aromatic nitrogens is 3. The first-order valence-corrected chi connectivity index (χ1v) is 5.89. The van der Waals surface area contributed by atoms with Crippen LogP contribution in [0.1, 0.15) is 11.4 Å². The molecule has 0 atom stereocenters. The highest BCUT2D eigenvalue weighted by molar-refractivity contribution is 5.58. The summed E-state index contributed by atoms with van der Waals surface area (Å²) >= 11 is 0. The Kier molecular flexibility index (Phi) is 2.83. The molecule has 0 radical (unpaired) electrons. The smallest absolute Gasteiger partial charge is 0.168 e. The van der Waals surface area contributed by atoms with Crippen molar-refractivity contribution in [2.45, 2.75) is 6.54 Å². The third-order valence-corrected chi connectivity index (χ3v) is 2.80. The third-order valence-electron chi connectivity index (χ3n) is 2.80. The van der Waals surface area contributed by atoms with Gasteiger partial charge in [-0.15, -0.1) is 0 Å². The molecule has 19 heavy (non-hydrogen) atoms. The van der Waals surface area contributed by atoms with E-state index >= 15 is 0 Å². The standard InChI is InChI=1S/C14H11N5/c15-9-12-14(17-10-11-5-1-3-7-16-11)18-13-6-2-4-8-19(12)13/h1-8,17H,10H2. The molecule has 0 unspecified atom stereocenters. The SMILES string of the molecule is N#Cc1c(NCc2ccccn2)nc2ccccn12. The largest absolute Gasteiger partial charge is 0.362 e. The van der Waals surface area contributed by atoms with Crippen LogP contribution in [-0.2, 0) is 6.54 Å². The maximum Gasteiger partial charge on any atom is 0.168 e. The van der Waals surface area contributed by atoms with E-state index in [0.29, 0.717) is 18.1 Å².